The van der Waals surface area contributed by atoms with Crippen LogP contribution in [0.4, 0.5) is 0 Å². The molecule has 0 amide bonds. The molecule has 1 aromatic carbocycles. The molecule has 1 aliphatic heterocycles. The average molecular weight is 456 g/mol. The molecule has 0 spiro atoms. The molecule has 0 saturated carbocycles. The van der Waals surface area contributed by atoms with E-state index in [0.717, 1.165) is 11.3 Å². The number of ether oxygens (including phenoxy) is 3. The number of hydrogen-bond acceptors (Lipinski definition) is 7. The zero-order valence-corrected chi connectivity index (χ0v) is 20.2. The molecular weight excluding hydrogens is 422 g/mol. The summed E-state index contributed by atoms with van der Waals surface area (Å²) in [7, 11) is 1.29. The quantitative estimate of drug-likeness (QED) is 0.490. The first-order chi connectivity index (χ1) is 15.7. The minimum absolute atomic E-state index is 0.224. The van der Waals surface area contributed by atoms with Crippen LogP contribution < -0.4 is 10.1 Å². The van der Waals surface area contributed by atoms with Gasteiger partial charge in [0.1, 0.15) is 11.7 Å². The monoisotopic (exact) mass is 455 g/mol. The van der Waals surface area contributed by atoms with Gasteiger partial charge in [-0.05, 0) is 57.2 Å². The Labute approximate surface area is 195 Å². The topological polar surface area (TPSA) is 90.9 Å². The number of methoxy groups -OCH3 is 1. The van der Waals surface area contributed by atoms with Crippen LogP contribution in [0.25, 0.3) is 0 Å². The van der Waals surface area contributed by atoms with Gasteiger partial charge in [0.05, 0.1) is 25.4 Å². The summed E-state index contributed by atoms with van der Waals surface area (Å²) in [6.45, 7) is 9.90. The number of allylic oxidation sites excluding steroid dienone is 3. The Kier molecular flexibility index (Phi) is 7.61. The fourth-order valence-electron chi connectivity index (χ4n) is 4.54. The Morgan fingerprint density at radius 1 is 1.18 bits per heavy atom. The van der Waals surface area contributed by atoms with E-state index in [4.69, 9.17) is 14.2 Å². The molecule has 1 aromatic rings. The van der Waals surface area contributed by atoms with Gasteiger partial charge in [0.2, 0.25) is 0 Å². The number of hydrogen-bond donors (Lipinski definition) is 1. The average Bonchev–Trinajstić information content (AvgIpc) is 2.78. The largest absolute Gasteiger partial charge is 0.494 e. The molecule has 0 fully saturated rings. The molecule has 33 heavy (non-hydrogen) atoms. The van der Waals surface area contributed by atoms with Crippen LogP contribution in [0.15, 0.2) is 46.8 Å². The predicted molar refractivity (Wildman–Crippen MR) is 123 cm³/mol. The van der Waals surface area contributed by atoms with Gasteiger partial charge in [-0.15, -0.1) is 0 Å². The molecule has 1 aliphatic carbocycles. The SMILES string of the molecule is CCOc1ccc([C@@H]2C(C(=O)O[C@H](C)CC)=C(C)NC3=C2C(=O)[C@@H](C(=O)OC)[C@@H](C)C3)cc1. The summed E-state index contributed by atoms with van der Waals surface area (Å²) in [5.41, 5.74) is 2.95. The lowest BCUT2D eigenvalue weighted by atomic mass is 9.69. The molecule has 0 bridgehead atoms. The van der Waals surface area contributed by atoms with Crippen molar-refractivity contribution < 1.29 is 28.6 Å². The van der Waals surface area contributed by atoms with E-state index in [1.807, 2.05) is 58.9 Å². The van der Waals surface area contributed by atoms with Crippen LogP contribution >= 0.6 is 0 Å². The van der Waals surface area contributed by atoms with Crippen LogP contribution in [0.2, 0.25) is 0 Å². The third-order valence-electron chi connectivity index (χ3n) is 6.37. The highest BCUT2D eigenvalue weighted by molar-refractivity contribution is 6.12. The van der Waals surface area contributed by atoms with Crippen LogP contribution in [-0.4, -0.2) is 37.5 Å². The number of nitrogens with one attached hydrogen (secondary N) is 1. The summed E-state index contributed by atoms with van der Waals surface area (Å²) >= 11 is 0. The number of Topliss-reactive ketones (excluding diaryl/α,β-unsaturated/α-hetero) is 1. The number of dihydropyridines is 1. The lowest BCUT2D eigenvalue weighted by Gasteiger charge is -2.38. The summed E-state index contributed by atoms with van der Waals surface area (Å²) in [6, 6.07) is 7.35. The third kappa shape index (κ3) is 4.82. The smallest absolute Gasteiger partial charge is 0.337 e. The highest BCUT2D eigenvalue weighted by Gasteiger charge is 2.47. The van der Waals surface area contributed by atoms with Gasteiger partial charge in [0.25, 0.3) is 0 Å². The first kappa shape index (κ1) is 24.6. The minimum atomic E-state index is -0.911. The molecule has 0 saturated heterocycles. The second-order valence-corrected chi connectivity index (χ2v) is 8.66. The van der Waals surface area contributed by atoms with Crippen molar-refractivity contribution in [2.75, 3.05) is 13.7 Å². The molecule has 7 heteroatoms. The van der Waals surface area contributed by atoms with E-state index in [0.29, 0.717) is 42.0 Å². The van der Waals surface area contributed by atoms with Crippen molar-refractivity contribution in [1.82, 2.24) is 5.32 Å². The minimum Gasteiger partial charge on any atom is -0.494 e. The maximum atomic E-state index is 13.7. The number of rotatable bonds is 7. The zero-order valence-electron chi connectivity index (χ0n) is 20.2. The highest BCUT2D eigenvalue weighted by atomic mass is 16.5. The Hall–Kier alpha value is -3.09. The Bertz CT molecular complexity index is 991. The fourth-order valence-corrected chi connectivity index (χ4v) is 4.54. The number of benzene rings is 1. The molecule has 178 valence electrons. The van der Waals surface area contributed by atoms with Gasteiger partial charge in [0.15, 0.2) is 5.78 Å². The first-order valence-corrected chi connectivity index (χ1v) is 11.5. The Morgan fingerprint density at radius 2 is 1.85 bits per heavy atom. The van der Waals surface area contributed by atoms with E-state index in [-0.39, 0.29) is 17.8 Å². The molecule has 0 radical (unpaired) electrons. The molecule has 2 aliphatic rings. The summed E-state index contributed by atoms with van der Waals surface area (Å²) < 4.78 is 16.2. The molecular formula is C26H33NO6. The predicted octanol–water partition coefficient (Wildman–Crippen LogP) is 4.04. The van der Waals surface area contributed by atoms with Crippen molar-refractivity contribution >= 4 is 17.7 Å². The van der Waals surface area contributed by atoms with Gasteiger partial charge >= 0.3 is 11.9 Å². The second-order valence-electron chi connectivity index (χ2n) is 8.66. The van der Waals surface area contributed by atoms with E-state index < -0.39 is 23.8 Å². The lowest BCUT2D eigenvalue weighted by Crippen LogP contribution is -2.43. The normalized spacial score (nSPS) is 23.5. The van der Waals surface area contributed by atoms with Crippen LogP contribution in [0.5, 0.6) is 5.75 Å². The molecule has 0 unspecified atom stereocenters. The lowest BCUT2D eigenvalue weighted by molar-refractivity contribution is -0.151. The molecule has 0 aromatic heterocycles. The van der Waals surface area contributed by atoms with E-state index in [2.05, 4.69) is 5.32 Å². The van der Waals surface area contributed by atoms with Crippen LogP contribution in [0, 0.1) is 11.8 Å². The number of esters is 2. The van der Waals surface area contributed by atoms with Crippen molar-refractivity contribution in [2.24, 2.45) is 11.8 Å². The van der Waals surface area contributed by atoms with Crippen molar-refractivity contribution in [3.05, 3.63) is 52.4 Å². The summed E-state index contributed by atoms with van der Waals surface area (Å²) in [5, 5.41) is 3.27. The van der Waals surface area contributed by atoms with Crippen LogP contribution in [-0.2, 0) is 23.9 Å². The van der Waals surface area contributed by atoms with E-state index in [9.17, 15) is 14.4 Å². The zero-order chi connectivity index (χ0) is 24.3. The molecule has 1 heterocycles. The van der Waals surface area contributed by atoms with Gasteiger partial charge in [-0.1, -0.05) is 26.0 Å². The van der Waals surface area contributed by atoms with Gasteiger partial charge in [-0.25, -0.2) is 4.79 Å². The summed E-state index contributed by atoms with van der Waals surface area (Å²) in [4.78, 5) is 39.4. The van der Waals surface area contributed by atoms with Gasteiger partial charge in [0, 0.05) is 22.9 Å². The molecule has 3 rings (SSSR count). The second kappa shape index (κ2) is 10.2. The Morgan fingerprint density at radius 3 is 2.42 bits per heavy atom. The van der Waals surface area contributed by atoms with Crippen molar-refractivity contribution in [3.8, 4) is 5.75 Å². The van der Waals surface area contributed by atoms with Crippen molar-refractivity contribution in [1.29, 1.82) is 0 Å². The molecule has 7 nitrogen and oxygen atoms in total. The number of carbonyl (C=O) groups is 3. The maximum Gasteiger partial charge on any atom is 0.337 e. The van der Waals surface area contributed by atoms with Crippen LogP contribution in [0.1, 0.15) is 58.9 Å². The standard InChI is InChI=1S/C26H33NO6/c1-7-15(4)33-26(30)21-16(5)27-19-13-14(3)20(25(29)31-6)24(28)23(19)22(21)17-9-11-18(12-10-17)32-8-2/h9-12,14-15,20,22,27H,7-8,13H2,1-6H3/t14-,15+,20-,22+/m0/s1. The molecule has 4 atom stereocenters. The maximum absolute atomic E-state index is 13.7. The van der Waals surface area contributed by atoms with E-state index in [1.165, 1.54) is 7.11 Å². The van der Waals surface area contributed by atoms with Gasteiger partial charge in [-0.3, -0.25) is 9.59 Å². The highest BCUT2D eigenvalue weighted by Crippen LogP contribution is 2.45. The molecule has 1 N–H and O–H groups in total. The van der Waals surface area contributed by atoms with Gasteiger partial charge in [-0.2, -0.15) is 0 Å². The number of ketones is 1. The van der Waals surface area contributed by atoms with Crippen molar-refractivity contribution in [3.63, 3.8) is 0 Å². The number of carbonyl (C=O) groups excluding carboxylic acids is 3. The van der Waals surface area contributed by atoms with Crippen LogP contribution in [0.3, 0.4) is 0 Å². The summed E-state index contributed by atoms with van der Waals surface area (Å²) in [6.07, 6.45) is 0.909. The Balaban J connectivity index is 2.14. The van der Waals surface area contributed by atoms with Gasteiger partial charge < -0.3 is 19.5 Å². The van der Waals surface area contributed by atoms with Crippen molar-refractivity contribution in [2.45, 2.75) is 59.5 Å². The van der Waals surface area contributed by atoms with E-state index in [1.54, 1.807) is 0 Å². The fraction of sp³-hybridized carbons (Fsp3) is 0.500. The third-order valence-corrected chi connectivity index (χ3v) is 6.37. The summed E-state index contributed by atoms with van der Waals surface area (Å²) in [5.74, 6) is -2.43. The van der Waals surface area contributed by atoms with E-state index >= 15 is 0 Å². The first-order valence-electron chi connectivity index (χ1n) is 11.5.